The third kappa shape index (κ3) is 3.02. The van der Waals surface area contributed by atoms with E-state index in [1.165, 1.54) is 12.0 Å². The lowest BCUT2D eigenvalue weighted by Gasteiger charge is -2.61. The molecule has 5 rings (SSSR count). The Hall–Kier alpha value is -2.70. The number of β-lactam (4-membered cyclic amide) rings is 1. The number of hydrogen-bond acceptors (Lipinski definition) is 4. The summed E-state index contributed by atoms with van der Waals surface area (Å²) in [5.41, 5.74) is 1.62. The SMILES string of the molecule is Cn1cc(C(=O)N2CCC(N3C(=O)C4(CCCCC4)C3c3ccncc3)CC2)cn1. The topological polar surface area (TPSA) is 71.3 Å². The molecule has 0 N–H and O–H groups in total. The Morgan fingerprint density at radius 1 is 1.10 bits per heavy atom. The van der Waals surface area contributed by atoms with Crippen molar-refractivity contribution in [1.29, 1.82) is 0 Å². The largest absolute Gasteiger partial charge is 0.338 e. The zero-order valence-corrected chi connectivity index (χ0v) is 17.5. The first-order valence-corrected chi connectivity index (χ1v) is 11.1. The van der Waals surface area contributed by atoms with E-state index in [9.17, 15) is 9.59 Å². The Bertz CT molecular complexity index is 926. The highest BCUT2D eigenvalue weighted by Gasteiger charge is 2.62. The van der Waals surface area contributed by atoms with Crippen molar-refractivity contribution in [2.45, 2.75) is 57.0 Å². The van der Waals surface area contributed by atoms with Gasteiger partial charge in [0.05, 0.1) is 23.2 Å². The number of amides is 2. The first kappa shape index (κ1) is 19.3. The fraction of sp³-hybridized carbons (Fsp3) is 0.565. The molecule has 0 aromatic carbocycles. The second-order valence-electron chi connectivity index (χ2n) is 9.04. The summed E-state index contributed by atoms with van der Waals surface area (Å²) < 4.78 is 1.65. The number of aryl methyl sites for hydroxylation is 1. The van der Waals surface area contributed by atoms with E-state index in [0.29, 0.717) is 24.6 Å². The number of likely N-dealkylation sites (tertiary alicyclic amines) is 2. The van der Waals surface area contributed by atoms with Gasteiger partial charge in [-0.15, -0.1) is 0 Å². The number of carbonyl (C=O) groups is 2. The van der Waals surface area contributed by atoms with Crippen molar-refractivity contribution in [3.8, 4) is 0 Å². The molecule has 4 heterocycles. The molecular formula is C23H29N5O2. The normalized spacial score (nSPS) is 24.2. The number of aromatic nitrogens is 3. The van der Waals surface area contributed by atoms with E-state index in [1.54, 1.807) is 17.1 Å². The molecule has 0 radical (unpaired) electrons. The minimum Gasteiger partial charge on any atom is -0.338 e. The van der Waals surface area contributed by atoms with Crippen LogP contribution >= 0.6 is 0 Å². The zero-order chi connectivity index (χ0) is 20.7. The van der Waals surface area contributed by atoms with Crippen molar-refractivity contribution in [3.05, 3.63) is 48.0 Å². The molecule has 3 aliphatic rings. The average molecular weight is 408 g/mol. The molecule has 158 valence electrons. The molecule has 2 amide bonds. The number of carbonyl (C=O) groups excluding carboxylic acids is 2. The van der Waals surface area contributed by atoms with Gasteiger partial charge in [-0.25, -0.2) is 0 Å². The molecular weight excluding hydrogens is 378 g/mol. The van der Waals surface area contributed by atoms with Gasteiger partial charge in [0.1, 0.15) is 0 Å². The second kappa shape index (κ2) is 7.52. The van der Waals surface area contributed by atoms with Crippen LogP contribution in [0.3, 0.4) is 0 Å². The van der Waals surface area contributed by atoms with E-state index in [1.807, 2.05) is 24.3 Å². The van der Waals surface area contributed by atoms with E-state index in [2.05, 4.69) is 27.1 Å². The van der Waals surface area contributed by atoms with Crippen LogP contribution < -0.4 is 0 Å². The number of piperidine rings is 1. The van der Waals surface area contributed by atoms with E-state index in [4.69, 9.17) is 0 Å². The Labute approximate surface area is 177 Å². The molecule has 30 heavy (non-hydrogen) atoms. The van der Waals surface area contributed by atoms with Crippen LogP contribution in [-0.4, -0.2) is 55.5 Å². The van der Waals surface area contributed by atoms with Crippen molar-refractivity contribution in [3.63, 3.8) is 0 Å². The van der Waals surface area contributed by atoms with Crippen LogP contribution in [0.5, 0.6) is 0 Å². The quantitative estimate of drug-likeness (QED) is 0.734. The van der Waals surface area contributed by atoms with Gasteiger partial charge in [0, 0.05) is 44.8 Å². The van der Waals surface area contributed by atoms with Gasteiger partial charge in [-0.3, -0.25) is 19.3 Å². The van der Waals surface area contributed by atoms with Crippen molar-refractivity contribution in [2.24, 2.45) is 12.5 Å². The molecule has 2 aromatic rings. The molecule has 1 aliphatic carbocycles. The van der Waals surface area contributed by atoms with Gasteiger partial charge < -0.3 is 9.80 Å². The summed E-state index contributed by atoms with van der Waals surface area (Å²) in [4.78, 5) is 34.5. The predicted octanol–water partition coefficient (Wildman–Crippen LogP) is 2.95. The Balaban J connectivity index is 1.32. The van der Waals surface area contributed by atoms with E-state index in [0.717, 1.165) is 38.5 Å². The van der Waals surface area contributed by atoms with Crippen LogP contribution in [0, 0.1) is 5.41 Å². The van der Waals surface area contributed by atoms with Gasteiger partial charge in [-0.2, -0.15) is 5.10 Å². The van der Waals surface area contributed by atoms with Crippen LogP contribution in [0.15, 0.2) is 36.9 Å². The zero-order valence-electron chi connectivity index (χ0n) is 17.5. The summed E-state index contributed by atoms with van der Waals surface area (Å²) in [6.07, 6.45) is 14.2. The fourth-order valence-electron chi connectivity index (χ4n) is 5.82. The minimum atomic E-state index is -0.220. The highest BCUT2D eigenvalue weighted by Crippen LogP contribution is 2.59. The lowest BCUT2D eigenvalue weighted by Crippen LogP contribution is -2.67. The Morgan fingerprint density at radius 3 is 2.43 bits per heavy atom. The maximum absolute atomic E-state index is 13.5. The third-order valence-corrected chi connectivity index (χ3v) is 7.33. The lowest BCUT2D eigenvalue weighted by molar-refractivity contribution is -0.186. The van der Waals surface area contributed by atoms with Gasteiger partial charge in [0.15, 0.2) is 0 Å². The van der Waals surface area contributed by atoms with Gasteiger partial charge in [0.2, 0.25) is 5.91 Å². The summed E-state index contributed by atoms with van der Waals surface area (Å²) in [5.74, 6) is 0.368. The molecule has 1 spiro atoms. The fourth-order valence-corrected chi connectivity index (χ4v) is 5.82. The molecule has 7 heteroatoms. The maximum Gasteiger partial charge on any atom is 0.257 e. The summed E-state index contributed by atoms with van der Waals surface area (Å²) >= 11 is 0. The van der Waals surface area contributed by atoms with Gasteiger partial charge in [-0.05, 0) is 43.4 Å². The summed E-state index contributed by atoms with van der Waals surface area (Å²) in [6.45, 7) is 1.36. The van der Waals surface area contributed by atoms with Crippen LogP contribution in [0.1, 0.15) is 66.9 Å². The standard InChI is InChI=1S/C23H29N5O2/c1-26-16-18(15-25-26)21(29)27-13-7-19(8-14-27)28-20(17-5-11-24-12-6-17)23(22(28)30)9-3-2-4-10-23/h5-6,11-12,15-16,19-20H,2-4,7-10,13-14H2,1H3. The molecule has 0 bridgehead atoms. The van der Waals surface area contributed by atoms with E-state index >= 15 is 0 Å². The van der Waals surface area contributed by atoms with Crippen LogP contribution in [-0.2, 0) is 11.8 Å². The third-order valence-electron chi connectivity index (χ3n) is 7.33. The second-order valence-corrected chi connectivity index (χ2v) is 9.04. The lowest BCUT2D eigenvalue weighted by atomic mass is 9.59. The van der Waals surface area contributed by atoms with Crippen molar-refractivity contribution in [1.82, 2.24) is 24.6 Å². The van der Waals surface area contributed by atoms with E-state index in [-0.39, 0.29) is 23.4 Å². The molecule has 1 unspecified atom stereocenters. The Morgan fingerprint density at radius 2 is 1.80 bits per heavy atom. The molecule has 7 nitrogen and oxygen atoms in total. The molecule has 1 atom stereocenters. The van der Waals surface area contributed by atoms with E-state index < -0.39 is 0 Å². The molecule has 2 saturated heterocycles. The number of pyridine rings is 1. The van der Waals surface area contributed by atoms with Crippen LogP contribution in [0.4, 0.5) is 0 Å². The van der Waals surface area contributed by atoms with Crippen molar-refractivity contribution in [2.75, 3.05) is 13.1 Å². The average Bonchev–Trinajstić information content (AvgIpc) is 3.24. The van der Waals surface area contributed by atoms with Gasteiger partial charge >= 0.3 is 0 Å². The monoisotopic (exact) mass is 407 g/mol. The predicted molar refractivity (Wildman–Crippen MR) is 111 cm³/mol. The number of hydrogen-bond donors (Lipinski definition) is 0. The Kier molecular flexibility index (Phi) is 4.83. The molecule has 3 fully saturated rings. The van der Waals surface area contributed by atoms with Gasteiger partial charge in [0.25, 0.3) is 5.91 Å². The molecule has 2 aromatic heterocycles. The smallest absolute Gasteiger partial charge is 0.257 e. The first-order chi connectivity index (χ1) is 14.6. The summed E-state index contributed by atoms with van der Waals surface area (Å²) in [7, 11) is 1.82. The highest BCUT2D eigenvalue weighted by atomic mass is 16.2. The first-order valence-electron chi connectivity index (χ1n) is 11.1. The molecule has 1 saturated carbocycles. The van der Waals surface area contributed by atoms with Crippen LogP contribution in [0.25, 0.3) is 0 Å². The summed E-state index contributed by atoms with van der Waals surface area (Å²) in [5, 5.41) is 4.11. The maximum atomic E-state index is 13.5. The molecule has 2 aliphatic heterocycles. The summed E-state index contributed by atoms with van der Waals surface area (Å²) in [6, 6.07) is 4.49. The highest BCUT2D eigenvalue weighted by molar-refractivity contribution is 5.94. The minimum absolute atomic E-state index is 0.0333. The van der Waals surface area contributed by atoms with Gasteiger partial charge in [-0.1, -0.05) is 19.3 Å². The van der Waals surface area contributed by atoms with Crippen molar-refractivity contribution < 1.29 is 9.59 Å². The van der Waals surface area contributed by atoms with Crippen molar-refractivity contribution >= 4 is 11.8 Å². The van der Waals surface area contributed by atoms with Crippen LogP contribution in [0.2, 0.25) is 0 Å². The number of nitrogens with zero attached hydrogens (tertiary/aromatic N) is 5. The number of rotatable bonds is 3.